The molecule has 0 bridgehead atoms. The zero-order valence-corrected chi connectivity index (χ0v) is 16.5. The summed E-state index contributed by atoms with van der Waals surface area (Å²) in [6.07, 6.45) is 0. The summed E-state index contributed by atoms with van der Waals surface area (Å²) in [6, 6.07) is 17.2. The monoisotopic (exact) mass is 419 g/mol. The Morgan fingerprint density at radius 3 is 2.42 bits per heavy atom. The number of hydrazone groups is 1. The normalized spacial score (nSPS) is 12.4. The van der Waals surface area contributed by atoms with Crippen LogP contribution in [-0.4, -0.2) is 24.3 Å². The van der Waals surface area contributed by atoms with E-state index in [1.165, 1.54) is 24.3 Å². The second-order valence-corrected chi connectivity index (χ2v) is 6.75. The van der Waals surface area contributed by atoms with Gasteiger partial charge in [0.15, 0.2) is 11.5 Å². The molecule has 31 heavy (non-hydrogen) atoms. The topological polar surface area (TPSA) is 89.0 Å². The molecule has 0 unspecified atom stereocenters. The molecule has 156 valence electrons. The van der Waals surface area contributed by atoms with E-state index in [2.05, 4.69) is 15.8 Å². The second kappa shape index (κ2) is 8.66. The molecule has 0 aromatic heterocycles. The Morgan fingerprint density at radius 2 is 1.61 bits per heavy atom. The standard InChI is InChI=1S/C23H18FN3O4/c1-14(26-27-23(29)17-7-10-20-21(12-17)31-13-30-20)16-3-2-4-19(11-16)25-22(28)15-5-8-18(24)9-6-15/h2-12H,13H2,1H3,(H,25,28)(H,27,29)/b26-14-. The average Bonchev–Trinajstić information content (AvgIpc) is 3.25. The fraction of sp³-hybridized carbons (Fsp3) is 0.0870. The molecule has 0 spiro atoms. The van der Waals surface area contributed by atoms with Crippen LogP contribution in [0.4, 0.5) is 10.1 Å². The maximum Gasteiger partial charge on any atom is 0.271 e. The van der Waals surface area contributed by atoms with Crippen molar-refractivity contribution in [2.75, 3.05) is 12.1 Å². The van der Waals surface area contributed by atoms with Crippen molar-refractivity contribution in [1.29, 1.82) is 0 Å². The number of nitrogens with one attached hydrogen (secondary N) is 2. The van der Waals surface area contributed by atoms with E-state index >= 15 is 0 Å². The molecule has 0 aliphatic carbocycles. The van der Waals surface area contributed by atoms with Crippen LogP contribution in [0.2, 0.25) is 0 Å². The predicted molar refractivity (Wildman–Crippen MR) is 113 cm³/mol. The molecule has 1 heterocycles. The number of carbonyl (C=O) groups is 2. The van der Waals surface area contributed by atoms with E-state index in [0.717, 1.165) is 0 Å². The number of ether oxygens (including phenoxy) is 2. The molecule has 2 N–H and O–H groups in total. The molecule has 1 aliphatic heterocycles. The molecule has 2 amide bonds. The Bertz CT molecular complexity index is 1180. The van der Waals surface area contributed by atoms with Gasteiger partial charge in [-0.25, -0.2) is 9.82 Å². The average molecular weight is 419 g/mol. The summed E-state index contributed by atoms with van der Waals surface area (Å²) < 4.78 is 23.5. The summed E-state index contributed by atoms with van der Waals surface area (Å²) in [5, 5.41) is 6.90. The minimum atomic E-state index is -0.409. The number of benzene rings is 3. The van der Waals surface area contributed by atoms with Crippen molar-refractivity contribution in [2.24, 2.45) is 5.10 Å². The summed E-state index contributed by atoms with van der Waals surface area (Å²) >= 11 is 0. The van der Waals surface area contributed by atoms with Gasteiger partial charge in [-0.2, -0.15) is 5.10 Å². The van der Waals surface area contributed by atoms with Crippen molar-refractivity contribution in [1.82, 2.24) is 5.43 Å². The van der Waals surface area contributed by atoms with Crippen molar-refractivity contribution in [3.63, 3.8) is 0 Å². The molecule has 0 atom stereocenters. The molecule has 7 nitrogen and oxygen atoms in total. The number of nitrogens with zero attached hydrogens (tertiary/aromatic N) is 1. The van der Waals surface area contributed by atoms with E-state index < -0.39 is 11.7 Å². The fourth-order valence-electron chi connectivity index (χ4n) is 2.93. The molecular formula is C23H18FN3O4. The Labute approximate surface area is 177 Å². The minimum Gasteiger partial charge on any atom is -0.454 e. The van der Waals surface area contributed by atoms with Crippen LogP contribution < -0.4 is 20.2 Å². The first-order valence-corrected chi connectivity index (χ1v) is 9.41. The van der Waals surface area contributed by atoms with Crippen LogP contribution in [0, 0.1) is 5.82 Å². The lowest BCUT2D eigenvalue weighted by atomic mass is 10.1. The van der Waals surface area contributed by atoms with E-state index in [1.807, 2.05) is 0 Å². The van der Waals surface area contributed by atoms with E-state index in [9.17, 15) is 14.0 Å². The lowest BCUT2D eigenvalue weighted by Gasteiger charge is -2.08. The number of hydrogen-bond donors (Lipinski definition) is 2. The summed E-state index contributed by atoms with van der Waals surface area (Å²) in [5.41, 5.74) is 5.04. The molecule has 8 heteroatoms. The van der Waals surface area contributed by atoms with Gasteiger partial charge < -0.3 is 14.8 Å². The first-order valence-electron chi connectivity index (χ1n) is 9.41. The Balaban J connectivity index is 1.43. The first-order chi connectivity index (χ1) is 15.0. The van der Waals surface area contributed by atoms with Crippen LogP contribution in [-0.2, 0) is 0 Å². The maximum absolute atomic E-state index is 13.0. The highest BCUT2D eigenvalue weighted by atomic mass is 19.1. The van der Waals surface area contributed by atoms with Crippen LogP contribution in [0.15, 0.2) is 71.8 Å². The van der Waals surface area contributed by atoms with Gasteiger partial charge in [0.05, 0.1) is 5.71 Å². The van der Waals surface area contributed by atoms with Gasteiger partial charge in [0.25, 0.3) is 11.8 Å². The van der Waals surface area contributed by atoms with Crippen molar-refractivity contribution in [3.05, 3.63) is 89.2 Å². The third kappa shape index (κ3) is 4.69. The predicted octanol–water partition coefficient (Wildman–Crippen LogP) is 3.96. The molecule has 4 rings (SSSR count). The molecule has 1 aliphatic rings. The van der Waals surface area contributed by atoms with Crippen molar-refractivity contribution < 1.29 is 23.5 Å². The highest BCUT2D eigenvalue weighted by Gasteiger charge is 2.16. The van der Waals surface area contributed by atoms with Gasteiger partial charge in [-0.15, -0.1) is 0 Å². The van der Waals surface area contributed by atoms with Crippen LogP contribution in [0.25, 0.3) is 0 Å². The van der Waals surface area contributed by atoms with Crippen LogP contribution in [0.1, 0.15) is 33.2 Å². The SMILES string of the molecule is C/C(=N/NC(=O)c1ccc2c(c1)OCO2)c1cccc(NC(=O)c2ccc(F)cc2)c1. The fourth-order valence-corrected chi connectivity index (χ4v) is 2.93. The Hall–Kier alpha value is -4.20. The molecule has 0 fully saturated rings. The highest BCUT2D eigenvalue weighted by Crippen LogP contribution is 2.32. The quantitative estimate of drug-likeness (QED) is 0.484. The smallest absolute Gasteiger partial charge is 0.271 e. The zero-order valence-electron chi connectivity index (χ0n) is 16.5. The highest BCUT2D eigenvalue weighted by molar-refractivity contribution is 6.06. The lowest BCUT2D eigenvalue weighted by molar-refractivity contribution is 0.0953. The largest absolute Gasteiger partial charge is 0.454 e. The van der Waals surface area contributed by atoms with Crippen molar-refractivity contribution in [2.45, 2.75) is 6.92 Å². The van der Waals surface area contributed by atoms with E-state index in [1.54, 1.807) is 49.4 Å². The summed E-state index contributed by atoms with van der Waals surface area (Å²) in [5.74, 6) is -0.0527. The number of anilines is 1. The Morgan fingerprint density at radius 1 is 0.871 bits per heavy atom. The van der Waals surface area contributed by atoms with E-state index in [-0.39, 0.29) is 12.7 Å². The molecule has 3 aromatic carbocycles. The molecule has 0 saturated heterocycles. The van der Waals surface area contributed by atoms with Gasteiger partial charge in [-0.1, -0.05) is 12.1 Å². The lowest BCUT2D eigenvalue weighted by Crippen LogP contribution is -2.19. The summed E-state index contributed by atoms with van der Waals surface area (Å²) in [6.45, 7) is 1.87. The summed E-state index contributed by atoms with van der Waals surface area (Å²) in [7, 11) is 0. The van der Waals surface area contributed by atoms with Crippen LogP contribution in [0.5, 0.6) is 11.5 Å². The molecule has 0 radical (unpaired) electrons. The van der Waals surface area contributed by atoms with Gasteiger partial charge in [-0.3, -0.25) is 9.59 Å². The van der Waals surface area contributed by atoms with Gasteiger partial charge in [0.1, 0.15) is 5.82 Å². The molecular weight excluding hydrogens is 401 g/mol. The third-order valence-electron chi connectivity index (χ3n) is 4.60. The van der Waals surface area contributed by atoms with Gasteiger partial charge in [-0.05, 0) is 67.1 Å². The molecule has 3 aromatic rings. The number of hydrogen-bond acceptors (Lipinski definition) is 5. The molecule has 0 saturated carbocycles. The van der Waals surface area contributed by atoms with Gasteiger partial charge in [0.2, 0.25) is 6.79 Å². The van der Waals surface area contributed by atoms with Gasteiger partial charge >= 0.3 is 0 Å². The van der Waals surface area contributed by atoms with Crippen molar-refractivity contribution >= 4 is 23.2 Å². The van der Waals surface area contributed by atoms with E-state index in [4.69, 9.17) is 9.47 Å². The number of amides is 2. The van der Waals surface area contributed by atoms with Gasteiger partial charge in [0, 0.05) is 16.8 Å². The van der Waals surface area contributed by atoms with Crippen LogP contribution >= 0.6 is 0 Å². The third-order valence-corrected chi connectivity index (χ3v) is 4.60. The number of fused-ring (bicyclic) bond motifs is 1. The second-order valence-electron chi connectivity index (χ2n) is 6.75. The minimum absolute atomic E-state index is 0.131. The van der Waals surface area contributed by atoms with Crippen molar-refractivity contribution in [3.8, 4) is 11.5 Å². The van der Waals surface area contributed by atoms with Crippen LogP contribution in [0.3, 0.4) is 0 Å². The number of halogens is 1. The number of rotatable bonds is 5. The Kier molecular flexibility index (Phi) is 5.61. The van der Waals surface area contributed by atoms with E-state index in [0.29, 0.717) is 39.6 Å². The number of carbonyl (C=O) groups excluding carboxylic acids is 2. The maximum atomic E-state index is 13.0. The zero-order chi connectivity index (χ0) is 21.8. The first kappa shape index (κ1) is 20.1. The summed E-state index contributed by atoms with van der Waals surface area (Å²) in [4.78, 5) is 24.7.